The van der Waals surface area contributed by atoms with Crippen molar-refractivity contribution in [1.82, 2.24) is 9.80 Å². The lowest BCUT2D eigenvalue weighted by Gasteiger charge is -2.40. The molecular weight excluding hydrogens is 462 g/mol. The van der Waals surface area contributed by atoms with E-state index in [1.807, 2.05) is 35.2 Å². The maximum absolute atomic E-state index is 13.4. The quantitative estimate of drug-likeness (QED) is 0.515. The number of benzene rings is 3. The normalized spacial score (nSPS) is 16.5. The van der Waals surface area contributed by atoms with Crippen LogP contribution < -0.4 is 9.64 Å². The molecule has 0 aliphatic carbocycles. The molecule has 0 radical (unpaired) electrons. The first-order valence-corrected chi connectivity index (χ1v) is 13.0. The van der Waals surface area contributed by atoms with Crippen LogP contribution in [-0.4, -0.2) is 60.9 Å². The second-order valence-corrected chi connectivity index (χ2v) is 10.8. The molecule has 2 aliphatic heterocycles. The van der Waals surface area contributed by atoms with Gasteiger partial charge in [0.1, 0.15) is 12.3 Å². The molecule has 2 heterocycles. The first kappa shape index (κ1) is 25.0. The van der Waals surface area contributed by atoms with Gasteiger partial charge in [0, 0.05) is 26.2 Å². The molecule has 2 aliphatic rings. The third-order valence-corrected chi connectivity index (χ3v) is 7.32. The van der Waals surface area contributed by atoms with Gasteiger partial charge in [0.05, 0.1) is 11.7 Å². The van der Waals surface area contributed by atoms with E-state index in [9.17, 15) is 9.59 Å². The number of hydrogen-bond acceptors (Lipinski definition) is 4. The molecule has 0 bridgehead atoms. The molecule has 3 aromatic rings. The average Bonchev–Trinajstić information content (AvgIpc) is 2.91. The van der Waals surface area contributed by atoms with Crippen molar-refractivity contribution in [2.75, 3.05) is 44.2 Å². The SMILES string of the molecule is CC(C)(C)c1ccc2c(c1)N(CC(=O)N1CCN(C(c3ccccc3)c3ccccc3)CC1)C(=O)CO2. The predicted molar refractivity (Wildman–Crippen MR) is 146 cm³/mol. The molecule has 1 saturated heterocycles. The molecule has 0 aromatic heterocycles. The summed E-state index contributed by atoms with van der Waals surface area (Å²) in [6.07, 6.45) is 0. The van der Waals surface area contributed by atoms with Gasteiger partial charge in [0.15, 0.2) is 6.61 Å². The van der Waals surface area contributed by atoms with Crippen molar-refractivity contribution in [2.45, 2.75) is 32.2 Å². The highest BCUT2D eigenvalue weighted by Crippen LogP contribution is 2.36. The minimum absolute atomic E-state index is 0.0296. The summed E-state index contributed by atoms with van der Waals surface area (Å²) in [6.45, 7) is 9.17. The van der Waals surface area contributed by atoms with E-state index in [0.29, 0.717) is 24.5 Å². The molecule has 6 heteroatoms. The van der Waals surface area contributed by atoms with E-state index in [2.05, 4.69) is 74.2 Å². The zero-order chi connectivity index (χ0) is 26.0. The number of carbonyl (C=O) groups excluding carboxylic acids is 2. The number of carbonyl (C=O) groups is 2. The summed E-state index contributed by atoms with van der Waals surface area (Å²) in [5.74, 6) is 0.440. The Morgan fingerprint density at radius 2 is 1.46 bits per heavy atom. The molecule has 37 heavy (non-hydrogen) atoms. The van der Waals surface area contributed by atoms with Crippen molar-refractivity contribution in [3.05, 3.63) is 95.6 Å². The van der Waals surface area contributed by atoms with Gasteiger partial charge in [0.25, 0.3) is 5.91 Å². The third-order valence-electron chi connectivity index (χ3n) is 7.32. The monoisotopic (exact) mass is 497 g/mol. The van der Waals surface area contributed by atoms with Crippen LogP contribution in [0.5, 0.6) is 5.75 Å². The smallest absolute Gasteiger partial charge is 0.265 e. The van der Waals surface area contributed by atoms with Crippen molar-refractivity contribution in [3.63, 3.8) is 0 Å². The number of anilines is 1. The second kappa shape index (κ2) is 10.4. The van der Waals surface area contributed by atoms with Gasteiger partial charge in [-0.2, -0.15) is 0 Å². The maximum Gasteiger partial charge on any atom is 0.265 e. The molecular formula is C31H35N3O3. The van der Waals surface area contributed by atoms with Crippen molar-refractivity contribution < 1.29 is 14.3 Å². The highest BCUT2D eigenvalue weighted by atomic mass is 16.5. The molecule has 0 unspecified atom stereocenters. The van der Waals surface area contributed by atoms with Crippen LogP contribution in [0.4, 0.5) is 5.69 Å². The fourth-order valence-corrected chi connectivity index (χ4v) is 5.19. The molecule has 0 N–H and O–H groups in total. The van der Waals surface area contributed by atoms with Gasteiger partial charge in [-0.15, -0.1) is 0 Å². The van der Waals surface area contributed by atoms with Crippen LogP contribution >= 0.6 is 0 Å². The lowest BCUT2D eigenvalue weighted by Crippen LogP contribution is -2.53. The molecule has 3 aromatic carbocycles. The van der Waals surface area contributed by atoms with Crippen molar-refractivity contribution in [1.29, 1.82) is 0 Å². The van der Waals surface area contributed by atoms with Crippen LogP contribution in [-0.2, 0) is 15.0 Å². The minimum Gasteiger partial charge on any atom is -0.482 e. The summed E-state index contributed by atoms with van der Waals surface area (Å²) in [5.41, 5.74) is 4.21. The Kier molecular flexibility index (Phi) is 7.02. The summed E-state index contributed by atoms with van der Waals surface area (Å²) in [6, 6.07) is 27.1. The summed E-state index contributed by atoms with van der Waals surface area (Å²) in [4.78, 5) is 32.1. The predicted octanol–water partition coefficient (Wildman–Crippen LogP) is 4.64. The van der Waals surface area contributed by atoms with Crippen molar-refractivity contribution in [2.24, 2.45) is 0 Å². The molecule has 0 spiro atoms. The lowest BCUT2D eigenvalue weighted by atomic mass is 9.86. The Bertz CT molecular complexity index is 1210. The zero-order valence-corrected chi connectivity index (χ0v) is 21.9. The molecule has 6 nitrogen and oxygen atoms in total. The van der Waals surface area contributed by atoms with Gasteiger partial charge >= 0.3 is 0 Å². The van der Waals surface area contributed by atoms with E-state index in [-0.39, 0.29) is 36.4 Å². The van der Waals surface area contributed by atoms with E-state index in [4.69, 9.17) is 4.74 Å². The summed E-state index contributed by atoms with van der Waals surface area (Å²) >= 11 is 0. The Morgan fingerprint density at radius 3 is 2.03 bits per heavy atom. The second-order valence-electron chi connectivity index (χ2n) is 10.8. The average molecular weight is 498 g/mol. The van der Waals surface area contributed by atoms with Crippen LogP contribution in [0, 0.1) is 0 Å². The standard InChI is InChI=1S/C31H35N3O3/c1-31(2,3)25-14-15-27-26(20-25)34(29(36)22-37-27)21-28(35)32-16-18-33(19-17-32)30(23-10-6-4-7-11-23)24-12-8-5-9-13-24/h4-15,20,30H,16-19,21-22H2,1-3H3. The maximum atomic E-state index is 13.4. The van der Waals surface area contributed by atoms with Gasteiger partial charge in [-0.05, 0) is 34.2 Å². The van der Waals surface area contributed by atoms with E-state index < -0.39 is 0 Å². The Hall–Kier alpha value is -3.64. The van der Waals surface area contributed by atoms with Crippen molar-refractivity contribution in [3.8, 4) is 5.75 Å². The van der Waals surface area contributed by atoms with Crippen LogP contribution in [0.3, 0.4) is 0 Å². The first-order chi connectivity index (χ1) is 17.8. The number of fused-ring (bicyclic) bond motifs is 1. The first-order valence-electron chi connectivity index (χ1n) is 13.0. The molecule has 192 valence electrons. The fraction of sp³-hybridized carbons (Fsp3) is 0.355. The van der Waals surface area contributed by atoms with E-state index in [0.717, 1.165) is 18.7 Å². The zero-order valence-electron chi connectivity index (χ0n) is 21.9. The Morgan fingerprint density at radius 1 is 0.865 bits per heavy atom. The van der Waals surface area contributed by atoms with Crippen LogP contribution in [0.25, 0.3) is 0 Å². The number of piperazine rings is 1. The summed E-state index contributed by atoms with van der Waals surface area (Å²) in [7, 11) is 0. The van der Waals surface area contributed by atoms with Crippen LogP contribution in [0.2, 0.25) is 0 Å². The largest absolute Gasteiger partial charge is 0.482 e. The number of amides is 2. The number of hydrogen-bond donors (Lipinski definition) is 0. The van der Waals surface area contributed by atoms with Gasteiger partial charge in [0.2, 0.25) is 5.91 Å². The highest BCUT2D eigenvalue weighted by Gasteiger charge is 2.32. The highest BCUT2D eigenvalue weighted by molar-refractivity contribution is 6.02. The van der Waals surface area contributed by atoms with Gasteiger partial charge < -0.3 is 9.64 Å². The van der Waals surface area contributed by atoms with Gasteiger partial charge in [-0.1, -0.05) is 87.5 Å². The van der Waals surface area contributed by atoms with E-state index >= 15 is 0 Å². The molecule has 2 amide bonds. The number of nitrogens with zero attached hydrogens (tertiary/aromatic N) is 3. The third kappa shape index (κ3) is 5.39. The Labute approximate surface area is 219 Å². The molecule has 1 fully saturated rings. The van der Waals surface area contributed by atoms with Crippen LogP contribution in [0.15, 0.2) is 78.9 Å². The van der Waals surface area contributed by atoms with Crippen molar-refractivity contribution >= 4 is 17.5 Å². The van der Waals surface area contributed by atoms with Crippen LogP contribution in [0.1, 0.15) is 43.5 Å². The summed E-state index contributed by atoms with van der Waals surface area (Å²) < 4.78 is 5.66. The van der Waals surface area contributed by atoms with E-state index in [1.54, 1.807) is 4.90 Å². The number of rotatable bonds is 5. The topological polar surface area (TPSA) is 53.1 Å². The van der Waals surface area contributed by atoms with E-state index in [1.165, 1.54) is 11.1 Å². The summed E-state index contributed by atoms with van der Waals surface area (Å²) in [5, 5.41) is 0. The number of ether oxygens (including phenoxy) is 1. The minimum atomic E-state index is -0.182. The van der Waals surface area contributed by atoms with Gasteiger partial charge in [-0.25, -0.2) is 0 Å². The Balaban J connectivity index is 1.29. The fourth-order valence-electron chi connectivity index (χ4n) is 5.19. The molecule has 0 atom stereocenters. The molecule has 0 saturated carbocycles. The molecule has 5 rings (SSSR count). The van der Waals surface area contributed by atoms with Gasteiger partial charge in [-0.3, -0.25) is 19.4 Å². The lowest BCUT2D eigenvalue weighted by molar-refractivity contribution is -0.133.